The van der Waals surface area contributed by atoms with Crippen LogP contribution in [0.15, 0.2) is 22.2 Å². The van der Waals surface area contributed by atoms with Crippen molar-refractivity contribution in [2.45, 2.75) is 25.3 Å². The van der Waals surface area contributed by atoms with E-state index in [1.165, 1.54) is 17.2 Å². The van der Waals surface area contributed by atoms with Crippen molar-refractivity contribution in [1.29, 1.82) is 0 Å². The summed E-state index contributed by atoms with van der Waals surface area (Å²) in [5.74, 6) is 0.0458. The Bertz CT molecular complexity index is 1470. The second-order valence-corrected chi connectivity index (χ2v) is 8.49. The van der Waals surface area contributed by atoms with Gasteiger partial charge in [-0.25, -0.2) is 9.97 Å². The summed E-state index contributed by atoms with van der Waals surface area (Å²) in [6.07, 6.45) is 2.94. The largest absolute Gasteiger partial charge is 0.396 e. The Kier molecular flexibility index (Phi) is 7.79. The summed E-state index contributed by atoms with van der Waals surface area (Å²) in [6, 6.07) is -0.0131. The van der Waals surface area contributed by atoms with Crippen molar-refractivity contribution < 1.29 is 25.2 Å². The molecule has 0 saturated heterocycles. The Labute approximate surface area is 207 Å². The monoisotopic (exact) mass is 520 g/mol. The fourth-order valence-electron chi connectivity index (χ4n) is 4.18. The quantitative estimate of drug-likeness (QED) is 0.114. The Hall–Kier alpha value is -3.90. The van der Waals surface area contributed by atoms with Gasteiger partial charge in [0.15, 0.2) is 22.3 Å². The maximum atomic E-state index is 11.7. The van der Waals surface area contributed by atoms with E-state index in [1.54, 1.807) is 4.57 Å². The first-order valence-corrected chi connectivity index (χ1v) is 11.3. The Morgan fingerprint density at radius 1 is 0.946 bits per heavy atom. The van der Waals surface area contributed by atoms with Gasteiger partial charge in [0.2, 0.25) is 11.9 Å². The fraction of sp³-hybridized carbons (Fsp3) is 0.500. The Balaban J connectivity index is 0.000000173. The third-order valence-electron chi connectivity index (χ3n) is 6.25. The molecule has 0 unspecified atom stereocenters. The van der Waals surface area contributed by atoms with Gasteiger partial charge < -0.3 is 41.2 Å². The molecule has 17 heteroatoms. The summed E-state index contributed by atoms with van der Waals surface area (Å²) in [5, 5.41) is 36.3. The van der Waals surface area contributed by atoms with Crippen LogP contribution >= 0.6 is 0 Å². The summed E-state index contributed by atoms with van der Waals surface area (Å²) in [6.45, 7) is -0.588. The molecule has 0 radical (unpaired) electrons. The molecule has 3 atom stereocenters. The molecular weight excluding hydrogens is 492 g/mol. The third kappa shape index (κ3) is 5.16. The average molecular weight is 521 g/mol. The van der Waals surface area contributed by atoms with Crippen LogP contribution < -0.4 is 22.6 Å². The van der Waals surface area contributed by atoms with Gasteiger partial charge >= 0.3 is 0 Å². The molecule has 4 aromatic heterocycles. The number of nitrogens with one attached hydrogen (secondary N) is 2. The molecule has 0 amide bonds. The van der Waals surface area contributed by atoms with E-state index in [-0.39, 0.29) is 85.2 Å². The van der Waals surface area contributed by atoms with Gasteiger partial charge in [-0.3, -0.25) is 24.1 Å². The summed E-state index contributed by atoms with van der Waals surface area (Å²) >= 11 is 0. The standard InChI is InChI=1S/C11H15N5O3.C9H13N5O4/c12-11-14-9-8(10(19)15-11)13-4-16(9)7-1-5(2-17)6(7)3-18;10-9-12-7-6(8(17)13-9)11-3-14(7)4-18-5(1-15)2-16/h4-7,17-18H,1-3H2,(H3,12,14,15,19);3,5,15-16H,1-2,4H2,(H3,10,12,13,17)/t5-,6-,7-;/m1./s1. The fourth-order valence-corrected chi connectivity index (χ4v) is 4.18. The number of hydrogen-bond acceptors (Lipinski definition) is 13. The average Bonchev–Trinajstić information content (AvgIpc) is 3.45. The molecule has 0 bridgehead atoms. The van der Waals surface area contributed by atoms with Crippen LogP contribution in [0.1, 0.15) is 12.5 Å². The SMILES string of the molecule is Nc1nc2c(ncn2COC(CO)CO)c(=O)[nH]1.Nc1nc2c(ncn2[C@@H]2C[C@H](CO)[C@H]2CO)c(=O)[nH]1. The van der Waals surface area contributed by atoms with Crippen LogP contribution in [-0.4, -0.2) is 92.0 Å². The highest BCUT2D eigenvalue weighted by Crippen LogP contribution is 2.44. The molecule has 1 saturated carbocycles. The van der Waals surface area contributed by atoms with Crippen molar-refractivity contribution >= 4 is 34.2 Å². The lowest BCUT2D eigenvalue weighted by molar-refractivity contribution is -0.0488. The number of aliphatic hydroxyl groups is 4. The van der Waals surface area contributed by atoms with Gasteiger partial charge in [0, 0.05) is 25.2 Å². The molecule has 1 aliphatic carbocycles. The van der Waals surface area contributed by atoms with Crippen LogP contribution in [0.3, 0.4) is 0 Å². The molecule has 1 fully saturated rings. The number of rotatable bonds is 8. The minimum atomic E-state index is -0.693. The van der Waals surface area contributed by atoms with E-state index in [9.17, 15) is 19.8 Å². The number of imidazole rings is 2. The second-order valence-electron chi connectivity index (χ2n) is 8.49. The van der Waals surface area contributed by atoms with E-state index in [1.807, 2.05) is 0 Å². The van der Waals surface area contributed by atoms with Crippen molar-refractivity contribution in [3.63, 3.8) is 0 Å². The number of hydrogen-bond donors (Lipinski definition) is 8. The molecule has 4 heterocycles. The van der Waals surface area contributed by atoms with Crippen molar-refractivity contribution in [3.8, 4) is 0 Å². The maximum absolute atomic E-state index is 11.7. The Morgan fingerprint density at radius 3 is 2.14 bits per heavy atom. The summed E-state index contributed by atoms with van der Waals surface area (Å²) in [4.78, 5) is 43.8. The molecule has 0 aromatic carbocycles. The van der Waals surface area contributed by atoms with Crippen molar-refractivity contribution in [2.24, 2.45) is 11.8 Å². The van der Waals surface area contributed by atoms with Crippen LogP contribution in [0.2, 0.25) is 0 Å². The normalized spacial score (nSPS) is 19.2. The number of fused-ring (bicyclic) bond motifs is 2. The van der Waals surface area contributed by atoms with Crippen LogP contribution in [-0.2, 0) is 11.5 Å². The number of aromatic amines is 2. The van der Waals surface area contributed by atoms with Crippen molar-refractivity contribution in [1.82, 2.24) is 39.0 Å². The van der Waals surface area contributed by atoms with Gasteiger partial charge in [0.05, 0.1) is 25.9 Å². The van der Waals surface area contributed by atoms with Crippen LogP contribution in [0.25, 0.3) is 22.3 Å². The lowest BCUT2D eigenvalue weighted by Crippen LogP contribution is -2.42. The first kappa shape index (κ1) is 26.2. The van der Waals surface area contributed by atoms with E-state index in [0.717, 1.165) is 6.42 Å². The number of nitrogen functional groups attached to an aromatic ring is 2. The molecule has 37 heavy (non-hydrogen) atoms. The zero-order chi connectivity index (χ0) is 26.7. The van der Waals surface area contributed by atoms with E-state index < -0.39 is 11.7 Å². The zero-order valence-corrected chi connectivity index (χ0v) is 19.6. The number of aliphatic hydroxyl groups excluding tert-OH is 4. The molecule has 10 N–H and O–H groups in total. The molecule has 0 spiro atoms. The number of ether oxygens (including phenoxy) is 1. The van der Waals surface area contributed by atoms with Gasteiger partial charge in [-0.2, -0.15) is 9.97 Å². The number of anilines is 2. The number of aromatic nitrogens is 8. The molecule has 4 aromatic rings. The van der Waals surface area contributed by atoms with Gasteiger partial charge in [-0.1, -0.05) is 0 Å². The predicted molar refractivity (Wildman–Crippen MR) is 129 cm³/mol. The minimum Gasteiger partial charge on any atom is -0.396 e. The minimum absolute atomic E-state index is 0.00181. The van der Waals surface area contributed by atoms with Crippen molar-refractivity contribution in [2.75, 3.05) is 37.9 Å². The van der Waals surface area contributed by atoms with Gasteiger partial charge in [-0.05, 0) is 12.3 Å². The highest BCUT2D eigenvalue weighted by molar-refractivity contribution is 5.71. The van der Waals surface area contributed by atoms with E-state index in [2.05, 4.69) is 29.9 Å². The molecule has 17 nitrogen and oxygen atoms in total. The smallest absolute Gasteiger partial charge is 0.280 e. The first-order chi connectivity index (χ1) is 17.8. The Morgan fingerprint density at radius 2 is 1.54 bits per heavy atom. The van der Waals surface area contributed by atoms with Gasteiger partial charge in [0.25, 0.3) is 11.1 Å². The van der Waals surface area contributed by atoms with Gasteiger partial charge in [0.1, 0.15) is 12.8 Å². The van der Waals surface area contributed by atoms with E-state index in [4.69, 9.17) is 26.4 Å². The third-order valence-corrected chi connectivity index (χ3v) is 6.25. The highest BCUT2D eigenvalue weighted by atomic mass is 16.5. The molecular formula is C20H28N10O7. The van der Waals surface area contributed by atoms with Crippen LogP contribution in [0.5, 0.6) is 0 Å². The van der Waals surface area contributed by atoms with Crippen molar-refractivity contribution in [3.05, 3.63) is 33.4 Å². The summed E-state index contributed by atoms with van der Waals surface area (Å²) < 4.78 is 8.42. The molecule has 0 aliphatic heterocycles. The van der Waals surface area contributed by atoms with E-state index in [0.29, 0.717) is 5.65 Å². The topological polar surface area (TPSA) is 269 Å². The predicted octanol–water partition coefficient (Wildman–Crippen LogP) is -3.11. The molecule has 200 valence electrons. The zero-order valence-electron chi connectivity index (χ0n) is 19.6. The first-order valence-electron chi connectivity index (χ1n) is 11.3. The lowest BCUT2D eigenvalue weighted by atomic mass is 9.70. The number of nitrogens with two attached hydrogens (primary N) is 2. The second kappa shape index (κ2) is 11.0. The summed E-state index contributed by atoms with van der Waals surface area (Å²) in [5.41, 5.74) is 11.2. The molecule has 1 aliphatic rings. The summed E-state index contributed by atoms with van der Waals surface area (Å²) in [7, 11) is 0. The van der Waals surface area contributed by atoms with E-state index >= 15 is 0 Å². The highest BCUT2D eigenvalue weighted by Gasteiger charge is 2.42. The van der Waals surface area contributed by atoms with Gasteiger partial charge in [-0.15, -0.1) is 0 Å². The number of H-pyrrole nitrogens is 2. The lowest BCUT2D eigenvalue weighted by Gasteiger charge is -2.43. The number of nitrogens with zero attached hydrogens (tertiary/aromatic N) is 6. The molecule has 5 rings (SSSR count). The van der Waals surface area contributed by atoms with Crippen LogP contribution in [0, 0.1) is 11.8 Å². The van der Waals surface area contributed by atoms with Crippen LogP contribution in [0.4, 0.5) is 11.9 Å². The maximum Gasteiger partial charge on any atom is 0.280 e.